The second-order valence-corrected chi connectivity index (χ2v) is 5.22. The maximum Gasteiger partial charge on any atom is 0.389 e. The Morgan fingerprint density at radius 3 is 2.39 bits per heavy atom. The number of anilines is 1. The molecule has 0 spiro atoms. The SMILES string of the molecule is NS(=O)(=O)c1ccccc1NCCCC(F)(F)F. The van der Waals surface area contributed by atoms with Crippen LogP contribution in [0.5, 0.6) is 0 Å². The van der Waals surface area contributed by atoms with Crippen molar-refractivity contribution in [2.75, 3.05) is 11.9 Å². The van der Waals surface area contributed by atoms with E-state index in [0.29, 0.717) is 0 Å². The Morgan fingerprint density at radius 2 is 1.83 bits per heavy atom. The van der Waals surface area contributed by atoms with Crippen molar-refractivity contribution in [3.8, 4) is 0 Å². The van der Waals surface area contributed by atoms with Crippen molar-refractivity contribution in [3.05, 3.63) is 24.3 Å². The third kappa shape index (κ3) is 4.92. The van der Waals surface area contributed by atoms with Crippen LogP contribution in [-0.4, -0.2) is 21.1 Å². The molecule has 18 heavy (non-hydrogen) atoms. The molecule has 0 atom stereocenters. The van der Waals surface area contributed by atoms with E-state index >= 15 is 0 Å². The summed E-state index contributed by atoms with van der Waals surface area (Å²) in [6, 6.07) is 5.80. The Labute approximate surface area is 103 Å². The molecular weight excluding hydrogens is 269 g/mol. The van der Waals surface area contributed by atoms with Crippen LogP contribution < -0.4 is 10.5 Å². The van der Waals surface area contributed by atoms with Crippen LogP contribution in [0.2, 0.25) is 0 Å². The summed E-state index contributed by atoms with van der Waals surface area (Å²) in [5.74, 6) is 0. The highest BCUT2D eigenvalue weighted by Gasteiger charge is 2.25. The van der Waals surface area contributed by atoms with Crippen LogP contribution >= 0.6 is 0 Å². The topological polar surface area (TPSA) is 72.2 Å². The molecule has 0 aliphatic rings. The summed E-state index contributed by atoms with van der Waals surface area (Å²) in [5, 5.41) is 7.62. The zero-order valence-electron chi connectivity index (χ0n) is 9.37. The number of nitrogens with two attached hydrogens (primary N) is 1. The van der Waals surface area contributed by atoms with Crippen molar-refractivity contribution in [2.24, 2.45) is 5.14 Å². The molecule has 0 heterocycles. The first-order valence-corrected chi connectivity index (χ1v) is 6.67. The second kappa shape index (κ2) is 5.57. The summed E-state index contributed by atoms with van der Waals surface area (Å²) < 4.78 is 58.1. The molecule has 0 aliphatic heterocycles. The van der Waals surface area contributed by atoms with E-state index < -0.39 is 22.6 Å². The second-order valence-electron chi connectivity index (χ2n) is 3.69. The van der Waals surface area contributed by atoms with Gasteiger partial charge in [0.05, 0.1) is 5.69 Å². The van der Waals surface area contributed by atoms with Crippen LogP contribution in [0.1, 0.15) is 12.8 Å². The van der Waals surface area contributed by atoms with Gasteiger partial charge in [0.2, 0.25) is 10.0 Å². The number of sulfonamides is 1. The molecule has 0 radical (unpaired) electrons. The van der Waals surface area contributed by atoms with Gasteiger partial charge in [-0.25, -0.2) is 13.6 Å². The van der Waals surface area contributed by atoms with E-state index in [0.717, 1.165) is 0 Å². The van der Waals surface area contributed by atoms with Crippen LogP contribution in [0, 0.1) is 0 Å². The first-order valence-electron chi connectivity index (χ1n) is 5.12. The fraction of sp³-hybridized carbons (Fsp3) is 0.400. The molecule has 1 aromatic carbocycles. The van der Waals surface area contributed by atoms with Crippen molar-refractivity contribution in [2.45, 2.75) is 23.9 Å². The first kappa shape index (κ1) is 14.8. The van der Waals surface area contributed by atoms with Crippen molar-refractivity contribution < 1.29 is 21.6 Å². The van der Waals surface area contributed by atoms with Crippen molar-refractivity contribution >= 4 is 15.7 Å². The maximum absolute atomic E-state index is 11.9. The average Bonchev–Trinajstić information content (AvgIpc) is 2.22. The zero-order chi connectivity index (χ0) is 13.8. The molecule has 0 bridgehead atoms. The van der Waals surface area contributed by atoms with E-state index in [1.54, 1.807) is 6.07 Å². The molecule has 3 N–H and O–H groups in total. The molecule has 0 saturated heterocycles. The maximum atomic E-state index is 11.9. The van der Waals surface area contributed by atoms with Gasteiger partial charge in [-0.1, -0.05) is 12.1 Å². The van der Waals surface area contributed by atoms with Gasteiger partial charge in [-0.3, -0.25) is 0 Å². The number of rotatable bonds is 5. The molecule has 102 valence electrons. The summed E-state index contributed by atoms with van der Waals surface area (Å²) in [5.41, 5.74) is 0.210. The Kier molecular flexibility index (Phi) is 4.58. The number of hydrogen-bond acceptors (Lipinski definition) is 3. The third-order valence-electron chi connectivity index (χ3n) is 2.15. The van der Waals surface area contributed by atoms with E-state index in [1.807, 2.05) is 0 Å². The lowest BCUT2D eigenvalue weighted by Crippen LogP contribution is -2.16. The predicted octanol–water partition coefficient (Wildman–Crippen LogP) is 2.09. The van der Waals surface area contributed by atoms with Gasteiger partial charge in [0.1, 0.15) is 4.90 Å². The van der Waals surface area contributed by atoms with Gasteiger partial charge >= 0.3 is 6.18 Å². The van der Waals surface area contributed by atoms with Crippen molar-refractivity contribution in [3.63, 3.8) is 0 Å². The fourth-order valence-electron chi connectivity index (χ4n) is 1.37. The minimum atomic E-state index is -4.21. The van der Waals surface area contributed by atoms with Gasteiger partial charge in [0.25, 0.3) is 0 Å². The van der Waals surface area contributed by atoms with E-state index in [4.69, 9.17) is 5.14 Å². The summed E-state index contributed by atoms with van der Waals surface area (Å²) in [4.78, 5) is -0.128. The first-order chi connectivity index (χ1) is 8.20. The molecule has 1 aromatic rings. The van der Waals surface area contributed by atoms with Gasteiger partial charge < -0.3 is 5.32 Å². The molecule has 4 nitrogen and oxygen atoms in total. The highest BCUT2D eigenvalue weighted by atomic mass is 32.2. The lowest BCUT2D eigenvalue weighted by molar-refractivity contribution is -0.134. The smallest absolute Gasteiger partial charge is 0.384 e. The average molecular weight is 282 g/mol. The van der Waals surface area contributed by atoms with Crippen molar-refractivity contribution in [1.82, 2.24) is 0 Å². The van der Waals surface area contributed by atoms with Gasteiger partial charge in [-0.15, -0.1) is 0 Å². The van der Waals surface area contributed by atoms with Gasteiger partial charge in [0.15, 0.2) is 0 Å². The van der Waals surface area contributed by atoms with Crippen molar-refractivity contribution in [1.29, 1.82) is 0 Å². The molecule has 8 heteroatoms. The van der Waals surface area contributed by atoms with Gasteiger partial charge in [-0.2, -0.15) is 13.2 Å². The molecule has 0 saturated carbocycles. The molecule has 1 rings (SSSR count). The Balaban J connectivity index is 2.64. The summed E-state index contributed by atoms with van der Waals surface area (Å²) >= 11 is 0. The summed E-state index contributed by atoms with van der Waals surface area (Å²) in [6.07, 6.45) is -5.26. The molecule has 0 aromatic heterocycles. The van der Waals surface area contributed by atoms with Crippen LogP contribution in [0.25, 0.3) is 0 Å². The number of hydrogen-bond donors (Lipinski definition) is 2. The van der Waals surface area contributed by atoms with E-state index in [1.165, 1.54) is 18.2 Å². The number of nitrogens with one attached hydrogen (secondary N) is 1. The third-order valence-corrected chi connectivity index (χ3v) is 3.12. The monoisotopic (exact) mass is 282 g/mol. The van der Waals surface area contributed by atoms with E-state index in [-0.39, 0.29) is 23.5 Å². The summed E-state index contributed by atoms with van der Waals surface area (Å²) in [7, 11) is -3.88. The normalized spacial score (nSPS) is 12.4. The van der Waals surface area contributed by atoms with Crippen LogP contribution in [-0.2, 0) is 10.0 Å². The Morgan fingerprint density at radius 1 is 1.22 bits per heavy atom. The lowest BCUT2D eigenvalue weighted by atomic mass is 10.2. The predicted molar refractivity (Wildman–Crippen MR) is 61.6 cm³/mol. The molecule has 0 fully saturated rings. The Hall–Kier alpha value is -1.28. The highest BCUT2D eigenvalue weighted by Crippen LogP contribution is 2.22. The number of benzene rings is 1. The van der Waals surface area contributed by atoms with Crippen LogP contribution in [0.15, 0.2) is 29.2 Å². The van der Waals surface area contributed by atoms with E-state index in [2.05, 4.69) is 5.32 Å². The zero-order valence-corrected chi connectivity index (χ0v) is 10.2. The lowest BCUT2D eigenvalue weighted by Gasteiger charge is -2.11. The molecule has 0 amide bonds. The summed E-state index contributed by atoms with van der Waals surface area (Å²) in [6.45, 7) is 0.0199. The number of alkyl halides is 3. The fourth-order valence-corrected chi connectivity index (χ4v) is 2.09. The minimum Gasteiger partial charge on any atom is -0.384 e. The standard InChI is InChI=1S/C10H13F3N2O2S/c11-10(12,13)6-3-7-15-8-4-1-2-5-9(8)18(14,16)17/h1-2,4-5,15H,3,6-7H2,(H2,14,16,17). The number of primary sulfonamides is 1. The van der Waals surface area contributed by atoms with Crippen LogP contribution in [0.4, 0.5) is 18.9 Å². The van der Waals surface area contributed by atoms with Crippen LogP contribution in [0.3, 0.4) is 0 Å². The molecule has 0 unspecified atom stereocenters. The minimum absolute atomic E-state index is 0.0199. The Bertz CT molecular complexity index is 500. The number of para-hydroxylation sites is 1. The van der Waals surface area contributed by atoms with Gasteiger partial charge in [-0.05, 0) is 18.6 Å². The molecular formula is C10H13F3N2O2S. The largest absolute Gasteiger partial charge is 0.389 e. The highest BCUT2D eigenvalue weighted by molar-refractivity contribution is 7.89. The molecule has 0 aliphatic carbocycles. The number of halogens is 3. The van der Waals surface area contributed by atoms with Gasteiger partial charge in [0, 0.05) is 13.0 Å². The quantitative estimate of drug-likeness (QED) is 0.812. The van der Waals surface area contributed by atoms with E-state index in [9.17, 15) is 21.6 Å².